The van der Waals surface area contributed by atoms with Gasteiger partial charge in [0.25, 0.3) is 5.91 Å². The number of carbonyl (C=O) groups excluding carboxylic acids is 1. The van der Waals surface area contributed by atoms with E-state index >= 15 is 0 Å². The number of carboxylic acid groups (broad SMARTS) is 1. The zero-order chi connectivity index (χ0) is 24.5. The fourth-order valence-corrected chi connectivity index (χ4v) is 4.55. The molecule has 1 aliphatic rings. The molecule has 178 valence electrons. The standard InChI is InChI=1S/C25H25N7O3/c1-15-13-28-23(26)20-21(30-32(22(15)20)18-5-4-12-31(14-18)25(34)35)16-7-9-17(10-8-16)24(33)29-19-6-2-3-11-27-19/h2-3,6-11,13,18H,4-5,12,14H2,1H3,(H2,26,28)(H,34,35)(H,27,29,33)/t18-/m1/s1. The zero-order valence-corrected chi connectivity index (χ0v) is 19.2. The van der Waals surface area contributed by atoms with E-state index in [9.17, 15) is 14.7 Å². The van der Waals surface area contributed by atoms with Gasteiger partial charge in [-0.3, -0.25) is 9.48 Å². The maximum atomic E-state index is 12.6. The molecule has 3 aromatic heterocycles. The number of aromatic nitrogens is 4. The number of nitrogens with two attached hydrogens (primary N) is 1. The summed E-state index contributed by atoms with van der Waals surface area (Å²) in [6, 6.07) is 12.3. The number of amides is 2. The van der Waals surface area contributed by atoms with Gasteiger partial charge in [0.15, 0.2) is 0 Å². The molecule has 10 nitrogen and oxygen atoms in total. The molecule has 4 heterocycles. The van der Waals surface area contributed by atoms with Crippen molar-refractivity contribution in [3.05, 3.63) is 66.0 Å². The van der Waals surface area contributed by atoms with Crippen molar-refractivity contribution >= 4 is 34.5 Å². The Kier molecular flexibility index (Phi) is 5.77. The topological polar surface area (TPSA) is 139 Å². The first-order valence-corrected chi connectivity index (χ1v) is 11.4. The van der Waals surface area contributed by atoms with Gasteiger partial charge in [-0.15, -0.1) is 0 Å². The van der Waals surface area contributed by atoms with Crippen LogP contribution in [0.1, 0.15) is 34.8 Å². The van der Waals surface area contributed by atoms with Crippen molar-refractivity contribution in [1.82, 2.24) is 24.6 Å². The van der Waals surface area contributed by atoms with E-state index in [0.29, 0.717) is 36.0 Å². The molecule has 1 fully saturated rings. The second-order valence-electron chi connectivity index (χ2n) is 8.61. The Labute approximate surface area is 201 Å². The van der Waals surface area contributed by atoms with Crippen LogP contribution in [0, 0.1) is 6.92 Å². The van der Waals surface area contributed by atoms with Crippen LogP contribution in [0.15, 0.2) is 54.9 Å². The van der Waals surface area contributed by atoms with Crippen molar-refractivity contribution in [3.8, 4) is 11.3 Å². The predicted octanol–water partition coefficient (Wildman–Crippen LogP) is 3.95. The number of piperidine rings is 1. The molecule has 1 aliphatic heterocycles. The maximum absolute atomic E-state index is 12.6. The summed E-state index contributed by atoms with van der Waals surface area (Å²) in [6.07, 6.45) is 3.97. The number of benzene rings is 1. The minimum absolute atomic E-state index is 0.111. The molecular weight excluding hydrogens is 446 g/mol. The van der Waals surface area contributed by atoms with Crippen molar-refractivity contribution < 1.29 is 14.7 Å². The van der Waals surface area contributed by atoms with Crippen LogP contribution in [0.5, 0.6) is 0 Å². The number of nitrogen functional groups attached to an aromatic ring is 1. The van der Waals surface area contributed by atoms with Gasteiger partial charge in [-0.25, -0.2) is 14.8 Å². The number of nitrogens with zero attached hydrogens (tertiary/aromatic N) is 5. The highest BCUT2D eigenvalue weighted by Gasteiger charge is 2.28. The average Bonchev–Trinajstić information content (AvgIpc) is 3.29. The Morgan fingerprint density at radius 3 is 2.66 bits per heavy atom. The molecular formula is C25H25N7O3. The van der Waals surface area contributed by atoms with E-state index in [0.717, 1.165) is 34.9 Å². The van der Waals surface area contributed by atoms with Gasteiger partial charge in [0.2, 0.25) is 0 Å². The Hall–Kier alpha value is -4.47. The summed E-state index contributed by atoms with van der Waals surface area (Å²) < 4.78 is 1.90. The summed E-state index contributed by atoms with van der Waals surface area (Å²) in [5, 5.41) is 17.9. The third kappa shape index (κ3) is 4.25. The van der Waals surface area contributed by atoms with Crippen molar-refractivity contribution in [1.29, 1.82) is 0 Å². The highest BCUT2D eigenvalue weighted by molar-refractivity contribution is 6.05. The normalized spacial score (nSPS) is 15.8. The summed E-state index contributed by atoms with van der Waals surface area (Å²) in [4.78, 5) is 34.1. The number of rotatable bonds is 4. The van der Waals surface area contributed by atoms with E-state index in [-0.39, 0.29) is 11.9 Å². The highest BCUT2D eigenvalue weighted by Crippen LogP contribution is 2.36. The number of likely N-dealkylation sites (tertiary alicyclic amines) is 1. The van der Waals surface area contributed by atoms with Crippen LogP contribution in [0.4, 0.5) is 16.4 Å². The first kappa shape index (κ1) is 22.3. The Morgan fingerprint density at radius 1 is 1.14 bits per heavy atom. The lowest BCUT2D eigenvalue weighted by Crippen LogP contribution is -2.40. The highest BCUT2D eigenvalue weighted by atomic mass is 16.4. The fraction of sp³-hybridized carbons (Fsp3) is 0.240. The molecule has 0 aliphatic carbocycles. The number of aryl methyl sites for hydroxylation is 1. The number of hydrogen-bond acceptors (Lipinski definition) is 6. The maximum Gasteiger partial charge on any atom is 0.407 e. The molecule has 0 spiro atoms. The largest absolute Gasteiger partial charge is 0.465 e. The Balaban J connectivity index is 1.51. The lowest BCUT2D eigenvalue weighted by atomic mass is 10.0. The van der Waals surface area contributed by atoms with Gasteiger partial charge in [0, 0.05) is 36.6 Å². The van der Waals surface area contributed by atoms with Gasteiger partial charge in [0.05, 0.1) is 16.9 Å². The average molecular weight is 472 g/mol. The number of fused-ring (bicyclic) bond motifs is 1. The van der Waals surface area contributed by atoms with Gasteiger partial charge in [-0.05, 0) is 49.6 Å². The minimum Gasteiger partial charge on any atom is -0.465 e. The van der Waals surface area contributed by atoms with Crippen LogP contribution >= 0.6 is 0 Å². The van der Waals surface area contributed by atoms with E-state index in [1.807, 2.05) is 23.7 Å². The molecule has 0 radical (unpaired) electrons. The first-order chi connectivity index (χ1) is 16.9. The molecule has 0 unspecified atom stereocenters. The minimum atomic E-state index is -0.927. The monoisotopic (exact) mass is 471 g/mol. The zero-order valence-electron chi connectivity index (χ0n) is 19.2. The van der Waals surface area contributed by atoms with E-state index < -0.39 is 6.09 Å². The number of hydrogen-bond donors (Lipinski definition) is 3. The van der Waals surface area contributed by atoms with Gasteiger partial charge in [-0.1, -0.05) is 18.2 Å². The van der Waals surface area contributed by atoms with Crippen molar-refractivity contribution in [2.24, 2.45) is 0 Å². The van der Waals surface area contributed by atoms with Gasteiger partial charge < -0.3 is 21.1 Å². The number of pyridine rings is 2. The first-order valence-electron chi connectivity index (χ1n) is 11.4. The lowest BCUT2D eigenvalue weighted by Gasteiger charge is -2.31. The van der Waals surface area contributed by atoms with Crippen molar-refractivity contribution in [2.75, 3.05) is 24.1 Å². The van der Waals surface area contributed by atoms with Crippen LogP contribution in [0.25, 0.3) is 22.2 Å². The van der Waals surface area contributed by atoms with Crippen molar-refractivity contribution in [2.45, 2.75) is 25.8 Å². The molecule has 4 aromatic rings. The van der Waals surface area contributed by atoms with E-state index in [1.165, 1.54) is 4.90 Å². The Bertz CT molecular complexity index is 1400. The molecule has 1 atom stereocenters. The molecule has 10 heteroatoms. The van der Waals surface area contributed by atoms with Crippen LogP contribution in [0.2, 0.25) is 0 Å². The van der Waals surface area contributed by atoms with Crippen LogP contribution < -0.4 is 11.1 Å². The quantitative estimate of drug-likeness (QED) is 0.409. The Morgan fingerprint density at radius 2 is 1.94 bits per heavy atom. The number of nitrogens with one attached hydrogen (secondary N) is 1. The molecule has 4 N–H and O–H groups in total. The van der Waals surface area contributed by atoms with Crippen LogP contribution in [-0.2, 0) is 0 Å². The molecule has 2 amide bonds. The van der Waals surface area contributed by atoms with Crippen molar-refractivity contribution in [3.63, 3.8) is 0 Å². The summed E-state index contributed by atoms with van der Waals surface area (Å²) in [5.41, 5.74) is 9.98. The van der Waals surface area contributed by atoms with E-state index in [4.69, 9.17) is 10.8 Å². The van der Waals surface area contributed by atoms with Crippen LogP contribution in [0.3, 0.4) is 0 Å². The van der Waals surface area contributed by atoms with Crippen LogP contribution in [-0.4, -0.2) is 54.8 Å². The second-order valence-corrected chi connectivity index (χ2v) is 8.61. The molecule has 1 saturated heterocycles. The van der Waals surface area contributed by atoms with E-state index in [2.05, 4.69) is 15.3 Å². The molecule has 5 rings (SSSR count). The SMILES string of the molecule is Cc1cnc(N)c2c(-c3ccc(C(=O)Nc4ccccn4)cc3)nn([C@@H]3CCCN(C(=O)O)C3)c12. The summed E-state index contributed by atoms with van der Waals surface area (Å²) >= 11 is 0. The third-order valence-corrected chi connectivity index (χ3v) is 6.28. The van der Waals surface area contributed by atoms with Gasteiger partial charge in [0.1, 0.15) is 17.3 Å². The second kappa shape index (κ2) is 9.05. The smallest absolute Gasteiger partial charge is 0.407 e. The predicted molar refractivity (Wildman–Crippen MR) is 132 cm³/mol. The lowest BCUT2D eigenvalue weighted by molar-refractivity contribution is 0.102. The molecule has 35 heavy (non-hydrogen) atoms. The summed E-state index contributed by atoms with van der Waals surface area (Å²) in [5.74, 6) is 0.567. The summed E-state index contributed by atoms with van der Waals surface area (Å²) in [7, 11) is 0. The number of anilines is 2. The number of carbonyl (C=O) groups is 2. The summed E-state index contributed by atoms with van der Waals surface area (Å²) in [6.45, 7) is 2.82. The molecule has 0 bridgehead atoms. The van der Waals surface area contributed by atoms with Gasteiger partial charge in [-0.2, -0.15) is 5.10 Å². The fourth-order valence-electron chi connectivity index (χ4n) is 4.55. The van der Waals surface area contributed by atoms with Gasteiger partial charge >= 0.3 is 6.09 Å². The third-order valence-electron chi connectivity index (χ3n) is 6.28. The molecule has 0 saturated carbocycles. The van der Waals surface area contributed by atoms with E-state index in [1.54, 1.807) is 42.7 Å². The molecule has 1 aromatic carbocycles.